The largest absolute Gasteiger partial charge is 0.345 e. The smallest absolute Gasteiger partial charge is 0.229 e. The lowest BCUT2D eigenvalue weighted by molar-refractivity contribution is -0.138. The summed E-state index contributed by atoms with van der Waals surface area (Å²) in [5.74, 6) is -0.617. The molecule has 3 amide bonds. The number of nitrogens with zero attached hydrogens (tertiary/aromatic N) is 1. The molecule has 1 aromatic heterocycles. The second kappa shape index (κ2) is 7.80. The number of benzene rings is 1. The van der Waals surface area contributed by atoms with Crippen molar-refractivity contribution in [2.45, 2.75) is 25.3 Å². The lowest BCUT2D eigenvalue weighted by Gasteiger charge is -2.20. The van der Waals surface area contributed by atoms with Crippen molar-refractivity contribution in [3.8, 4) is 0 Å². The molecule has 0 unspecified atom stereocenters. The summed E-state index contributed by atoms with van der Waals surface area (Å²) in [6.07, 6.45) is 0.567. The molecule has 3 rings (SSSR count). The molecule has 1 N–H and O–H groups in total. The molecule has 1 aliphatic rings. The number of hydrogen-bond donors (Lipinski definition) is 1. The molecule has 7 heteroatoms. The zero-order chi connectivity index (χ0) is 17.8. The first-order valence-electron chi connectivity index (χ1n) is 7.94. The average Bonchev–Trinajstić information content (AvgIpc) is 3.23. The zero-order valence-corrected chi connectivity index (χ0v) is 15.0. The molecule has 0 aliphatic carbocycles. The standard InChI is InChI=1S/C18H17ClN2O3S/c19-14-3-1-12(2-4-14)18(13-8-10-25-11-13)20-15(22)7-9-21-16(23)5-6-17(21)24/h1-4,8,10-11,18H,5-7,9H2,(H,20,22)/t18-/m1/s1. The van der Waals surface area contributed by atoms with Crippen LogP contribution in [-0.4, -0.2) is 29.2 Å². The third kappa shape index (κ3) is 4.27. The van der Waals surface area contributed by atoms with Gasteiger partial charge >= 0.3 is 0 Å². The number of nitrogens with one attached hydrogen (secondary N) is 1. The van der Waals surface area contributed by atoms with E-state index < -0.39 is 0 Å². The van der Waals surface area contributed by atoms with Crippen LogP contribution in [0.25, 0.3) is 0 Å². The Kier molecular flexibility index (Phi) is 5.50. The molecule has 25 heavy (non-hydrogen) atoms. The maximum atomic E-state index is 12.4. The third-order valence-corrected chi connectivity index (χ3v) is 5.06. The lowest BCUT2D eigenvalue weighted by Crippen LogP contribution is -2.35. The number of rotatable bonds is 6. The number of carbonyl (C=O) groups excluding carboxylic acids is 3. The fourth-order valence-electron chi connectivity index (χ4n) is 2.77. The van der Waals surface area contributed by atoms with Gasteiger partial charge in [-0.2, -0.15) is 11.3 Å². The van der Waals surface area contributed by atoms with Crippen LogP contribution >= 0.6 is 22.9 Å². The minimum Gasteiger partial charge on any atom is -0.345 e. The van der Waals surface area contributed by atoms with E-state index in [1.807, 2.05) is 29.0 Å². The summed E-state index contributed by atoms with van der Waals surface area (Å²) in [5.41, 5.74) is 1.90. The highest BCUT2D eigenvalue weighted by atomic mass is 35.5. The number of imide groups is 1. The fourth-order valence-corrected chi connectivity index (χ4v) is 3.58. The topological polar surface area (TPSA) is 66.5 Å². The molecule has 1 aliphatic heterocycles. The quantitative estimate of drug-likeness (QED) is 0.787. The van der Waals surface area contributed by atoms with E-state index in [9.17, 15) is 14.4 Å². The number of amides is 3. The Balaban J connectivity index is 1.68. The fraction of sp³-hybridized carbons (Fsp3) is 0.278. The van der Waals surface area contributed by atoms with Crippen molar-refractivity contribution in [1.82, 2.24) is 10.2 Å². The van der Waals surface area contributed by atoms with E-state index in [0.717, 1.165) is 11.1 Å². The van der Waals surface area contributed by atoms with Crippen LogP contribution < -0.4 is 5.32 Å². The normalized spacial score (nSPS) is 15.5. The molecule has 130 valence electrons. The minimum atomic E-state index is -0.291. The average molecular weight is 377 g/mol. The number of hydrogen-bond acceptors (Lipinski definition) is 4. The molecule has 2 aromatic rings. The lowest BCUT2D eigenvalue weighted by atomic mass is 10.0. The molecule has 0 spiro atoms. The first-order valence-corrected chi connectivity index (χ1v) is 9.27. The Hall–Kier alpha value is -2.18. The van der Waals surface area contributed by atoms with Gasteiger partial charge in [0.15, 0.2) is 0 Å². The van der Waals surface area contributed by atoms with Gasteiger partial charge < -0.3 is 5.32 Å². The number of likely N-dealkylation sites (tertiary alicyclic amines) is 1. The third-order valence-electron chi connectivity index (χ3n) is 4.10. The predicted octanol–water partition coefficient (Wildman–Crippen LogP) is 3.15. The predicted molar refractivity (Wildman–Crippen MR) is 96.3 cm³/mol. The van der Waals surface area contributed by atoms with Crippen molar-refractivity contribution >= 4 is 40.7 Å². The Morgan fingerprint density at radius 1 is 1.12 bits per heavy atom. The molecule has 1 atom stereocenters. The van der Waals surface area contributed by atoms with Gasteiger partial charge in [0.1, 0.15) is 0 Å². The number of carbonyl (C=O) groups is 3. The van der Waals surface area contributed by atoms with Crippen molar-refractivity contribution in [3.63, 3.8) is 0 Å². The van der Waals surface area contributed by atoms with E-state index >= 15 is 0 Å². The zero-order valence-electron chi connectivity index (χ0n) is 13.4. The van der Waals surface area contributed by atoms with Gasteiger partial charge in [0.25, 0.3) is 0 Å². The first-order chi connectivity index (χ1) is 12.0. The molecule has 5 nitrogen and oxygen atoms in total. The highest BCUT2D eigenvalue weighted by molar-refractivity contribution is 7.08. The number of halogens is 1. The summed E-state index contributed by atoms with van der Waals surface area (Å²) in [6.45, 7) is 0.125. The van der Waals surface area contributed by atoms with Crippen molar-refractivity contribution in [2.75, 3.05) is 6.54 Å². The van der Waals surface area contributed by atoms with Crippen LogP contribution in [0.15, 0.2) is 41.1 Å². The Morgan fingerprint density at radius 3 is 2.40 bits per heavy atom. The van der Waals surface area contributed by atoms with Crippen LogP contribution in [0.5, 0.6) is 0 Å². The van der Waals surface area contributed by atoms with Gasteiger partial charge in [0.2, 0.25) is 17.7 Å². The van der Waals surface area contributed by atoms with Gasteiger partial charge in [0, 0.05) is 30.8 Å². The van der Waals surface area contributed by atoms with Crippen LogP contribution in [-0.2, 0) is 14.4 Å². The van der Waals surface area contributed by atoms with Gasteiger partial charge in [-0.05, 0) is 40.1 Å². The summed E-state index contributed by atoms with van der Waals surface area (Å²) >= 11 is 7.49. The molecule has 1 fully saturated rings. The molecule has 0 saturated carbocycles. The second-order valence-electron chi connectivity index (χ2n) is 5.80. The van der Waals surface area contributed by atoms with E-state index in [-0.39, 0.29) is 49.6 Å². The maximum absolute atomic E-state index is 12.4. The maximum Gasteiger partial charge on any atom is 0.229 e. The molecular formula is C18H17ClN2O3S. The van der Waals surface area contributed by atoms with Crippen molar-refractivity contribution in [2.24, 2.45) is 0 Å². The second-order valence-corrected chi connectivity index (χ2v) is 7.01. The van der Waals surface area contributed by atoms with E-state index in [0.29, 0.717) is 5.02 Å². The van der Waals surface area contributed by atoms with E-state index in [4.69, 9.17) is 11.6 Å². The van der Waals surface area contributed by atoms with Crippen LogP contribution in [0.4, 0.5) is 0 Å². The van der Waals surface area contributed by atoms with Gasteiger partial charge in [0.05, 0.1) is 6.04 Å². The van der Waals surface area contributed by atoms with E-state index in [1.165, 1.54) is 4.90 Å². The Morgan fingerprint density at radius 2 is 1.80 bits per heavy atom. The van der Waals surface area contributed by atoms with Crippen LogP contribution in [0.1, 0.15) is 36.4 Å². The van der Waals surface area contributed by atoms with Crippen LogP contribution in [0, 0.1) is 0 Å². The van der Waals surface area contributed by atoms with Crippen molar-refractivity contribution in [3.05, 3.63) is 57.2 Å². The monoisotopic (exact) mass is 376 g/mol. The molecule has 1 aromatic carbocycles. The first kappa shape index (κ1) is 17.6. The van der Waals surface area contributed by atoms with Crippen molar-refractivity contribution in [1.29, 1.82) is 0 Å². The SMILES string of the molecule is O=C(CCN1C(=O)CCC1=O)N[C@H](c1ccc(Cl)cc1)c1ccsc1. The van der Waals surface area contributed by atoms with Gasteiger partial charge in [-0.25, -0.2) is 0 Å². The van der Waals surface area contributed by atoms with E-state index in [2.05, 4.69) is 5.32 Å². The van der Waals surface area contributed by atoms with Crippen molar-refractivity contribution < 1.29 is 14.4 Å². The highest BCUT2D eigenvalue weighted by Gasteiger charge is 2.29. The van der Waals surface area contributed by atoms with E-state index in [1.54, 1.807) is 23.5 Å². The Labute approximate surface area is 154 Å². The summed E-state index contributed by atoms with van der Waals surface area (Å²) in [4.78, 5) is 36.8. The summed E-state index contributed by atoms with van der Waals surface area (Å²) < 4.78 is 0. The molecule has 1 saturated heterocycles. The van der Waals surface area contributed by atoms with Crippen LogP contribution in [0.3, 0.4) is 0 Å². The molecule has 0 radical (unpaired) electrons. The molecular weight excluding hydrogens is 360 g/mol. The highest BCUT2D eigenvalue weighted by Crippen LogP contribution is 2.25. The summed E-state index contributed by atoms with van der Waals surface area (Å²) in [5, 5.41) is 7.54. The minimum absolute atomic E-state index is 0.0890. The molecule has 0 bridgehead atoms. The van der Waals surface area contributed by atoms with Gasteiger partial charge in [-0.3, -0.25) is 19.3 Å². The molecule has 2 heterocycles. The van der Waals surface area contributed by atoms with Gasteiger partial charge in [-0.1, -0.05) is 23.7 Å². The summed E-state index contributed by atoms with van der Waals surface area (Å²) in [7, 11) is 0. The van der Waals surface area contributed by atoms with Gasteiger partial charge in [-0.15, -0.1) is 0 Å². The Bertz CT molecular complexity index is 758. The number of thiophene rings is 1. The van der Waals surface area contributed by atoms with Crippen LogP contribution in [0.2, 0.25) is 5.02 Å². The summed E-state index contributed by atoms with van der Waals surface area (Å²) in [6, 6.07) is 8.98.